The minimum Gasteiger partial charge on any atom is -0.368 e. The zero-order chi connectivity index (χ0) is 24.7. The van der Waals surface area contributed by atoms with Crippen molar-refractivity contribution in [1.82, 2.24) is 14.7 Å². The van der Waals surface area contributed by atoms with E-state index in [9.17, 15) is 18.0 Å². The Hall–Kier alpha value is -2.91. The van der Waals surface area contributed by atoms with Crippen molar-refractivity contribution in [3.8, 4) is 0 Å². The summed E-state index contributed by atoms with van der Waals surface area (Å²) in [6.07, 6.45) is -4.83. The third-order valence-electron chi connectivity index (χ3n) is 6.44. The van der Waals surface area contributed by atoms with Gasteiger partial charge in [-0.25, -0.2) is 4.68 Å². The SMILES string of the molecule is O=C(c1cc2n(n1)[C@@H](C(F)(F)F)C[C@@H](c1ccc(Cl)c(Cl)c1)N2)N1CCN(c2ccccc2)CC1. The predicted molar refractivity (Wildman–Crippen MR) is 129 cm³/mol. The number of carbonyl (C=O) groups is 1. The summed E-state index contributed by atoms with van der Waals surface area (Å²) < 4.78 is 42.8. The molecule has 2 atom stereocenters. The maximum atomic E-state index is 14.0. The number of benzene rings is 2. The number of hydrogen-bond donors (Lipinski definition) is 1. The second-order valence-corrected chi connectivity index (χ2v) is 9.45. The molecule has 1 amide bonds. The number of amides is 1. The number of alkyl halides is 3. The van der Waals surface area contributed by atoms with Gasteiger partial charge in [-0.05, 0) is 29.8 Å². The number of anilines is 2. The maximum absolute atomic E-state index is 14.0. The molecule has 0 saturated carbocycles. The zero-order valence-corrected chi connectivity index (χ0v) is 20.0. The molecule has 2 aliphatic heterocycles. The molecule has 0 aliphatic carbocycles. The lowest BCUT2D eigenvalue weighted by molar-refractivity contribution is -0.173. The topological polar surface area (TPSA) is 53.4 Å². The minimum atomic E-state index is -4.54. The number of carbonyl (C=O) groups excluding carboxylic acids is 1. The Kier molecular flexibility index (Phi) is 6.31. The number of para-hydroxylation sites is 1. The normalized spacial score (nSPS) is 20.4. The summed E-state index contributed by atoms with van der Waals surface area (Å²) in [4.78, 5) is 16.9. The summed E-state index contributed by atoms with van der Waals surface area (Å²) in [5, 5.41) is 7.77. The van der Waals surface area contributed by atoms with Crippen molar-refractivity contribution in [2.24, 2.45) is 0 Å². The quantitative estimate of drug-likeness (QED) is 0.470. The molecule has 6 nitrogen and oxygen atoms in total. The molecule has 3 aromatic rings. The molecule has 11 heteroatoms. The summed E-state index contributed by atoms with van der Waals surface area (Å²) in [5.74, 6) is -0.241. The fourth-order valence-corrected chi connectivity index (χ4v) is 4.90. The maximum Gasteiger partial charge on any atom is 0.410 e. The first-order chi connectivity index (χ1) is 16.7. The van der Waals surface area contributed by atoms with Crippen molar-refractivity contribution in [1.29, 1.82) is 0 Å². The first-order valence-electron chi connectivity index (χ1n) is 11.2. The van der Waals surface area contributed by atoms with Gasteiger partial charge in [-0.1, -0.05) is 47.5 Å². The summed E-state index contributed by atoms with van der Waals surface area (Å²) in [6.45, 7) is 2.17. The Balaban J connectivity index is 1.36. The van der Waals surface area contributed by atoms with Gasteiger partial charge in [0.15, 0.2) is 11.7 Å². The van der Waals surface area contributed by atoms with Gasteiger partial charge in [0.2, 0.25) is 0 Å². The molecule has 2 aromatic carbocycles. The number of nitrogens with zero attached hydrogens (tertiary/aromatic N) is 4. The Labute approximate surface area is 210 Å². The van der Waals surface area contributed by atoms with E-state index in [1.54, 1.807) is 23.1 Å². The molecule has 0 bridgehead atoms. The van der Waals surface area contributed by atoms with Crippen LogP contribution in [0.4, 0.5) is 24.7 Å². The van der Waals surface area contributed by atoms with Crippen molar-refractivity contribution in [2.75, 3.05) is 36.4 Å². The number of nitrogens with one attached hydrogen (secondary N) is 1. The van der Waals surface area contributed by atoms with Gasteiger partial charge in [-0.2, -0.15) is 18.3 Å². The van der Waals surface area contributed by atoms with Gasteiger partial charge in [0.05, 0.1) is 16.1 Å². The van der Waals surface area contributed by atoms with Crippen LogP contribution in [-0.2, 0) is 0 Å². The summed E-state index contributed by atoms with van der Waals surface area (Å²) >= 11 is 12.1. The molecule has 184 valence electrons. The van der Waals surface area contributed by atoms with Crippen LogP contribution in [0.2, 0.25) is 10.0 Å². The highest BCUT2D eigenvalue weighted by Crippen LogP contribution is 2.44. The van der Waals surface area contributed by atoms with E-state index in [2.05, 4.69) is 15.3 Å². The van der Waals surface area contributed by atoms with Crippen molar-refractivity contribution in [2.45, 2.75) is 24.7 Å². The van der Waals surface area contributed by atoms with E-state index in [1.807, 2.05) is 30.3 Å². The van der Waals surface area contributed by atoms with Crippen LogP contribution in [0.1, 0.15) is 34.6 Å². The molecule has 0 spiro atoms. The van der Waals surface area contributed by atoms with E-state index in [1.165, 1.54) is 6.07 Å². The molecule has 1 aromatic heterocycles. The predicted octanol–water partition coefficient (Wildman–Crippen LogP) is 5.81. The zero-order valence-electron chi connectivity index (χ0n) is 18.5. The average molecular weight is 524 g/mol. The van der Waals surface area contributed by atoms with Crippen LogP contribution in [-0.4, -0.2) is 52.9 Å². The lowest BCUT2D eigenvalue weighted by Gasteiger charge is -2.35. The highest BCUT2D eigenvalue weighted by molar-refractivity contribution is 6.42. The Morgan fingerprint density at radius 1 is 0.971 bits per heavy atom. The van der Waals surface area contributed by atoms with Crippen LogP contribution in [0.5, 0.6) is 0 Å². The van der Waals surface area contributed by atoms with E-state index in [0.717, 1.165) is 10.4 Å². The number of fused-ring (bicyclic) bond motifs is 1. The molecule has 1 N–H and O–H groups in total. The largest absolute Gasteiger partial charge is 0.410 e. The second-order valence-electron chi connectivity index (χ2n) is 8.64. The van der Waals surface area contributed by atoms with E-state index >= 15 is 0 Å². The highest BCUT2D eigenvalue weighted by Gasteiger charge is 2.47. The number of hydrogen-bond acceptors (Lipinski definition) is 4. The minimum absolute atomic E-state index is 0.00954. The smallest absolute Gasteiger partial charge is 0.368 e. The Morgan fingerprint density at radius 2 is 1.69 bits per heavy atom. The van der Waals surface area contributed by atoms with E-state index in [-0.39, 0.29) is 28.9 Å². The second kappa shape index (κ2) is 9.28. The van der Waals surface area contributed by atoms with Crippen LogP contribution in [0, 0.1) is 0 Å². The Morgan fingerprint density at radius 3 is 2.34 bits per heavy atom. The van der Waals surface area contributed by atoms with Gasteiger partial charge in [-0.3, -0.25) is 4.79 Å². The van der Waals surface area contributed by atoms with Crippen LogP contribution in [0.15, 0.2) is 54.6 Å². The standard InChI is InChI=1S/C24H22Cl2F3N5O/c25-17-7-6-15(12-18(17)26)19-13-21(24(27,28)29)34-22(30-19)14-20(31-34)23(35)33-10-8-32(9-11-33)16-4-2-1-3-5-16/h1-7,12,14,19,21,30H,8-11,13H2/t19-,21+/m0/s1. The van der Waals surface area contributed by atoms with Gasteiger partial charge < -0.3 is 15.1 Å². The number of rotatable bonds is 3. The van der Waals surface area contributed by atoms with Crippen molar-refractivity contribution in [3.63, 3.8) is 0 Å². The summed E-state index contributed by atoms with van der Waals surface area (Å²) in [5.41, 5.74) is 1.64. The molecular weight excluding hydrogens is 502 g/mol. The first kappa shape index (κ1) is 23.8. The van der Waals surface area contributed by atoms with E-state index in [0.29, 0.717) is 36.8 Å². The summed E-state index contributed by atoms with van der Waals surface area (Å²) in [6, 6.07) is 13.5. The molecule has 5 rings (SSSR count). The lowest BCUT2D eigenvalue weighted by atomic mass is 9.97. The van der Waals surface area contributed by atoms with Gasteiger partial charge in [0, 0.05) is 44.4 Å². The molecule has 1 saturated heterocycles. The van der Waals surface area contributed by atoms with Crippen LogP contribution >= 0.6 is 23.2 Å². The monoisotopic (exact) mass is 523 g/mol. The third kappa shape index (κ3) is 4.79. The van der Waals surface area contributed by atoms with Gasteiger partial charge in [-0.15, -0.1) is 0 Å². The molecule has 0 radical (unpaired) electrons. The number of piperazine rings is 1. The summed E-state index contributed by atoms with van der Waals surface area (Å²) in [7, 11) is 0. The fourth-order valence-electron chi connectivity index (χ4n) is 4.59. The molecule has 3 heterocycles. The van der Waals surface area contributed by atoms with Gasteiger partial charge in [0.25, 0.3) is 5.91 Å². The fraction of sp³-hybridized carbons (Fsp3) is 0.333. The van der Waals surface area contributed by atoms with E-state index in [4.69, 9.17) is 23.2 Å². The van der Waals surface area contributed by atoms with Crippen molar-refractivity contribution in [3.05, 3.63) is 75.9 Å². The molecule has 1 fully saturated rings. The van der Waals surface area contributed by atoms with Crippen LogP contribution in [0.25, 0.3) is 0 Å². The van der Waals surface area contributed by atoms with Crippen molar-refractivity contribution < 1.29 is 18.0 Å². The Bertz CT molecular complexity index is 1230. The van der Waals surface area contributed by atoms with Gasteiger partial charge >= 0.3 is 6.18 Å². The lowest BCUT2D eigenvalue weighted by Crippen LogP contribution is -2.49. The van der Waals surface area contributed by atoms with Crippen LogP contribution in [0.3, 0.4) is 0 Å². The number of aromatic nitrogens is 2. The van der Waals surface area contributed by atoms with Gasteiger partial charge in [0.1, 0.15) is 5.82 Å². The van der Waals surface area contributed by atoms with Crippen LogP contribution < -0.4 is 10.2 Å². The molecular formula is C24H22Cl2F3N5O. The van der Waals surface area contributed by atoms with Crippen molar-refractivity contribution >= 4 is 40.6 Å². The van der Waals surface area contributed by atoms with E-state index < -0.39 is 18.3 Å². The molecule has 0 unspecified atom stereocenters. The molecule has 2 aliphatic rings. The average Bonchev–Trinajstić information content (AvgIpc) is 3.29. The first-order valence-corrected chi connectivity index (χ1v) is 11.9. The molecule has 35 heavy (non-hydrogen) atoms. The third-order valence-corrected chi connectivity index (χ3v) is 7.18. The number of halogens is 5. The highest BCUT2D eigenvalue weighted by atomic mass is 35.5.